The van der Waals surface area contributed by atoms with Gasteiger partial charge in [-0.1, -0.05) is 38.5 Å². The van der Waals surface area contributed by atoms with E-state index in [4.69, 9.17) is 0 Å². The molecule has 3 N–H and O–H groups in total. The van der Waals surface area contributed by atoms with E-state index < -0.39 is 5.54 Å². The van der Waals surface area contributed by atoms with Crippen LogP contribution in [0.5, 0.6) is 0 Å². The van der Waals surface area contributed by atoms with Gasteiger partial charge in [-0.2, -0.15) is 10.5 Å². The zero-order valence-corrected chi connectivity index (χ0v) is 15.9. The number of rotatable bonds is 2. The summed E-state index contributed by atoms with van der Waals surface area (Å²) >= 11 is 0. The van der Waals surface area contributed by atoms with Crippen LogP contribution < -0.4 is 16.0 Å². The molecule has 2 unspecified atom stereocenters. The predicted molar refractivity (Wildman–Crippen MR) is 101 cm³/mol. The minimum atomic E-state index is -0.779. The van der Waals surface area contributed by atoms with Crippen LogP contribution in [0.4, 0.5) is 0 Å². The molecule has 4 rings (SSSR count). The number of nitriles is 2. The molecule has 144 valence electrons. The van der Waals surface area contributed by atoms with Crippen molar-refractivity contribution < 1.29 is 4.79 Å². The first-order chi connectivity index (χ1) is 13.1. The van der Waals surface area contributed by atoms with Gasteiger partial charge in [0.1, 0.15) is 29.1 Å². The highest BCUT2D eigenvalue weighted by Crippen LogP contribution is 2.51. The van der Waals surface area contributed by atoms with Gasteiger partial charge in [-0.25, -0.2) is 0 Å². The lowest BCUT2D eigenvalue weighted by Gasteiger charge is -2.44. The molecule has 27 heavy (non-hydrogen) atoms. The first kappa shape index (κ1) is 18.2. The smallest absolute Gasteiger partial charge is 0.246 e. The van der Waals surface area contributed by atoms with Crippen LogP contribution >= 0.6 is 0 Å². The molecule has 6 nitrogen and oxygen atoms in total. The summed E-state index contributed by atoms with van der Waals surface area (Å²) in [5.41, 5.74) is -0.499. The lowest BCUT2D eigenvalue weighted by molar-refractivity contribution is -0.131. The summed E-state index contributed by atoms with van der Waals surface area (Å²) < 4.78 is 0. The molecular weight excluding hydrogens is 338 g/mol. The van der Waals surface area contributed by atoms with Crippen molar-refractivity contribution in [3.63, 3.8) is 0 Å². The van der Waals surface area contributed by atoms with E-state index in [1.165, 1.54) is 19.3 Å². The number of carbonyl (C=O) groups excluding carboxylic acids is 1. The average Bonchev–Trinajstić information content (AvgIpc) is 3.31. The van der Waals surface area contributed by atoms with E-state index in [9.17, 15) is 15.3 Å². The highest BCUT2D eigenvalue weighted by Gasteiger charge is 2.60. The van der Waals surface area contributed by atoms with Gasteiger partial charge in [0.05, 0.1) is 0 Å². The lowest BCUT2D eigenvalue weighted by Crippen LogP contribution is -2.65. The number of nitrogens with one attached hydrogen (secondary N) is 3. The van der Waals surface area contributed by atoms with Crippen LogP contribution in [0.2, 0.25) is 0 Å². The van der Waals surface area contributed by atoms with E-state index >= 15 is 0 Å². The Hall–Kier alpha value is -2.21. The zero-order chi connectivity index (χ0) is 18.9. The first-order valence-corrected chi connectivity index (χ1v) is 10.6. The van der Waals surface area contributed by atoms with Crippen LogP contribution in [0.15, 0.2) is 11.4 Å². The van der Waals surface area contributed by atoms with Crippen LogP contribution in [-0.2, 0) is 4.79 Å². The molecule has 1 heterocycles. The minimum absolute atomic E-state index is 0.0388. The molecule has 3 saturated carbocycles. The molecule has 0 saturated heterocycles. The molecule has 4 aliphatic rings. The highest BCUT2D eigenvalue weighted by molar-refractivity contribution is 5.88. The van der Waals surface area contributed by atoms with Gasteiger partial charge >= 0.3 is 0 Å². The number of carbonyl (C=O) groups is 1. The number of hydrogen-bond donors (Lipinski definition) is 3. The number of fused-ring (bicyclic) bond motifs is 2. The second-order valence-corrected chi connectivity index (χ2v) is 8.81. The van der Waals surface area contributed by atoms with Crippen LogP contribution in [0.1, 0.15) is 77.0 Å². The third-order valence-corrected chi connectivity index (χ3v) is 7.36. The van der Waals surface area contributed by atoms with Gasteiger partial charge in [-0.05, 0) is 38.5 Å². The van der Waals surface area contributed by atoms with E-state index in [1.807, 2.05) is 0 Å². The molecule has 0 aromatic rings. The summed E-state index contributed by atoms with van der Waals surface area (Å²) in [6.45, 7) is 0. The molecule has 1 amide bonds. The molecule has 0 bridgehead atoms. The van der Waals surface area contributed by atoms with Crippen molar-refractivity contribution in [3.05, 3.63) is 11.4 Å². The Balaban J connectivity index is 1.71. The van der Waals surface area contributed by atoms with Crippen LogP contribution in [0.25, 0.3) is 0 Å². The van der Waals surface area contributed by atoms with Crippen molar-refractivity contribution in [2.24, 2.45) is 5.92 Å². The molecule has 3 fully saturated rings. The van der Waals surface area contributed by atoms with E-state index in [0.717, 1.165) is 57.8 Å². The topological polar surface area (TPSA) is 101 Å². The number of amides is 1. The Morgan fingerprint density at radius 2 is 1.56 bits per heavy atom. The lowest BCUT2D eigenvalue weighted by atomic mass is 9.71. The van der Waals surface area contributed by atoms with Crippen molar-refractivity contribution in [1.82, 2.24) is 16.0 Å². The molecular formula is C21H29N5O. The number of allylic oxidation sites excluding steroid dienone is 2. The molecule has 3 aliphatic carbocycles. The molecule has 0 aromatic heterocycles. The van der Waals surface area contributed by atoms with Crippen molar-refractivity contribution in [2.45, 2.75) is 94.2 Å². The van der Waals surface area contributed by atoms with Crippen molar-refractivity contribution in [3.8, 4) is 12.1 Å². The largest absolute Gasteiger partial charge is 0.368 e. The Labute approximate surface area is 161 Å². The number of hydrogen-bond acceptors (Lipinski definition) is 5. The second-order valence-electron chi connectivity index (χ2n) is 8.81. The van der Waals surface area contributed by atoms with Gasteiger partial charge in [0.15, 0.2) is 0 Å². The maximum Gasteiger partial charge on any atom is 0.246 e. The van der Waals surface area contributed by atoms with E-state index in [-0.39, 0.29) is 29.1 Å². The first-order valence-electron chi connectivity index (χ1n) is 10.6. The molecule has 2 atom stereocenters. The van der Waals surface area contributed by atoms with Gasteiger partial charge in [0.2, 0.25) is 5.91 Å². The monoisotopic (exact) mass is 367 g/mol. The molecule has 6 heteroatoms. The Kier molecular flexibility index (Phi) is 4.76. The Bertz CT molecular complexity index is 718. The highest BCUT2D eigenvalue weighted by atomic mass is 16.2. The Morgan fingerprint density at radius 1 is 0.889 bits per heavy atom. The number of nitrogens with zero attached hydrogens (tertiary/aromatic N) is 2. The summed E-state index contributed by atoms with van der Waals surface area (Å²) in [4.78, 5) is 13.6. The van der Waals surface area contributed by atoms with Gasteiger partial charge in [0, 0.05) is 17.5 Å². The third-order valence-electron chi connectivity index (χ3n) is 7.36. The van der Waals surface area contributed by atoms with Crippen molar-refractivity contribution >= 4 is 5.91 Å². The van der Waals surface area contributed by atoms with E-state index in [2.05, 4.69) is 28.1 Å². The summed E-state index contributed by atoms with van der Waals surface area (Å²) in [6, 6.07) is 4.57. The van der Waals surface area contributed by atoms with Crippen LogP contribution in [0, 0.1) is 28.6 Å². The second kappa shape index (κ2) is 7.08. The third kappa shape index (κ3) is 2.96. The maximum atomic E-state index is 13.6. The molecule has 0 radical (unpaired) electrons. The van der Waals surface area contributed by atoms with Gasteiger partial charge in [-0.15, -0.1) is 0 Å². The van der Waals surface area contributed by atoms with Crippen LogP contribution in [-0.4, -0.2) is 23.0 Å². The normalized spacial score (nSPS) is 32.6. The van der Waals surface area contributed by atoms with E-state index in [0.29, 0.717) is 5.70 Å². The molecule has 1 spiro atoms. The molecule has 1 aliphatic heterocycles. The Morgan fingerprint density at radius 3 is 2.22 bits per heavy atom. The fourth-order valence-electron chi connectivity index (χ4n) is 6.12. The average molecular weight is 367 g/mol. The van der Waals surface area contributed by atoms with Gasteiger partial charge in [0.25, 0.3) is 0 Å². The fourth-order valence-corrected chi connectivity index (χ4v) is 6.12. The summed E-state index contributed by atoms with van der Waals surface area (Å²) in [6.07, 6.45) is 12.4. The van der Waals surface area contributed by atoms with Gasteiger partial charge < -0.3 is 16.0 Å². The van der Waals surface area contributed by atoms with Crippen LogP contribution in [0.3, 0.4) is 0 Å². The summed E-state index contributed by atoms with van der Waals surface area (Å²) in [5, 5.41) is 29.4. The summed E-state index contributed by atoms with van der Waals surface area (Å²) in [7, 11) is 0. The summed E-state index contributed by atoms with van der Waals surface area (Å²) in [5.74, 6) is 0.141. The predicted octanol–water partition coefficient (Wildman–Crippen LogP) is 2.74. The van der Waals surface area contributed by atoms with Crippen molar-refractivity contribution in [2.75, 3.05) is 0 Å². The van der Waals surface area contributed by atoms with E-state index in [1.54, 1.807) is 0 Å². The quantitative estimate of drug-likeness (QED) is 0.697. The standard InChI is InChI=1S/C21H29N5O/c22-13-16-17(14-23)26-21(19(27)24-15-7-2-1-3-8-15)12-6-9-18(21)20(25-16)10-4-5-11-20/h15,18,25-26H,1-12H2,(H,24,27). The minimum Gasteiger partial charge on any atom is -0.368 e. The maximum absolute atomic E-state index is 13.6. The molecule has 0 aromatic carbocycles. The van der Waals surface area contributed by atoms with Gasteiger partial charge in [-0.3, -0.25) is 4.79 Å². The SMILES string of the molecule is N#CC1=C(C#N)NC2(C(=O)NC3CCCCC3)CCCC2C2(CCCC2)N1. The fraction of sp³-hybridized carbons (Fsp3) is 0.762. The zero-order valence-electron chi connectivity index (χ0n) is 15.9. The van der Waals surface area contributed by atoms with Crippen molar-refractivity contribution in [1.29, 1.82) is 10.5 Å².